The highest BCUT2D eigenvalue weighted by Crippen LogP contribution is 2.47. The second-order valence-corrected chi connectivity index (χ2v) is 4.51. The lowest BCUT2D eigenvalue weighted by atomic mass is 10.0. The van der Waals surface area contributed by atoms with E-state index < -0.39 is 0 Å². The zero-order valence-corrected chi connectivity index (χ0v) is 9.49. The molecule has 86 valence electrons. The van der Waals surface area contributed by atoms with E-state index in [4.69, 9.17) is 5.73 Å². The van der Waals surface area contributed by atoms with Crippen molar-refractivity contribution in [3.05, 3.63) is 23.9 Å². The van der Waals surface area contributed by atoms with Crippen molar-refractivity contribution in [3.63, 3.8) is 0 Å². The Kier molecular flexibility index (Phi) is 2.81. The lowest BCUT2D eigenvalue weighted by Crippen LogP contribution is -2.30. The molecule has 1 saturated carbocycles. The number of nitrogens with zero attached hydrogens (tertiary/aromatic N) is 1. The van der Waals surface area contributed by atoms with Crippen molar-refractivity contribution in [2.75, 3.05) is 12.3 Å². The summed E-state index contributed by atoms with van der Waals surface area (Å²) in [5.41, 5.74) is 6.48. The van der Waals surface area contributed by atoms with Gasteiger partial charge in [-0.1, -0.05) is 6.92 Å². The van der Waals surface area contributed by atoms with Crippen molar-refractivity contribution in [1.29, 1.82) is 0 Å². The molecule has 0 saturated heterocycles. The number of hydrogen-bond donors (Lipinski definition) is 2. The highest BCUT2D eigenvalue weighted by atomic mass is 16.1. The summed E-state index contributed by atoms with van der Waals surface area (Å²) in [4.78, 5) is 15.7. The normalized spacial score (nSPS) is 16.8. The molecule has 1 aliphatic carbocycles. The molecule has 4 nitrogen and oxygen atoms in total. The molecule has 1 aromatic rings. The fraction of sp³-hybridized carbons (Fsp3) is 0.500. The number of amides is 1. The summed E-state index contributed by atoms with van der Waals surface area (Å²) < 4.78 is 0. The third-order valence-electron chi connectivity index (χ3n) is 3.37. The lowest BCUT2D eigenvalue weighted by molar-refractivity contribution is 0.0944. The Morgan fingerprint density at radius 2 is 2.38 bits per heavy atom. The molecule has 1 aromatic heterocycles. The summed E-state index contributed by atoms with van der Waals surface area (Å²) in [6, 6.07) is 3.28. The molecule has 1 fully saturated rings. The fourth-order valence-corrected chi connectivity index (χ4v) is 1.79. The van der Waals surface area contributed by atoms with E-state index in [1.165, 1.54) is 12.8 Å². The summed E-state index contributed by atoms with van der Waals surface area (Å²) in [6.07, 6.45) is 5.13. The largest absolute Gasteiger partial charge is 0.384 e. The van der Waals surface area contributed by atoms with Gasteiger partial charge < -0.3 is 11.1 Å². The summed E-state index contributed by atoms with van der Waals surface area (Å²) in [5, 5.41) is 2.96. The second-order valence-electron chi connectivity index (χ2n) is 4.51. The minimum Gasteiger partial charge on any atom is -0.384 e. The second kappa shape index (κ2) is 4.12. The van der Waals surface area contributed by atoms with Crippen molar-refractivity contribution in [1.82, 2.24) is 10.3 Å². The molecule has 0 radical (unpaired) electrons. The number of nitrogens with one attached hydrogen (secondary N) is 1. The first-order chi connectivity index (χ1) is 7.65. The molecule has 16 heavy (non-hydrogen) atoms. The van der Waals surface area contributed by atoms with Gasteiger partial charge in [0, 0.05) is 18.3 Å². The monoisotopic (exact) mass is 219 g/mol. The number of carbonyl (C=O) groups is 1. The topological polar surface area (TPSA) is 68.0 Å². The van der Waals surface area contributed by atoms with E-state index in [-0.39, 0.29) is 5.91 Å². The minimum absolute atomic E-state index is 0.0613. The summed E-state index contributed by atoms with van der Waals surface area (Å²) >= 11 is 0. The summed E-state index contributed by atoms with van der Waals surface area (Å²) in [6.45, 7) is 2.94. The van der Waals surface area contributed by atoms with E-state index in [2.05, 4.69) is 17.2 Å². The van der Waals surface area contributed by atoms with E-state index >= 15 is 0 Å². The zero-order chi connectivity index (χ0) is 11.6. The van der Waals surface area contributed by atoms with Gasteiger partial charge in [-0.3, -0.25) is 4.79 Å². The van der Waals surface area contributed by atoms with E-state index in [1.54, 1.807) is 18.3 Å². The summed E-state index contributed by atoms with van der Waals surface area (Å²) in [5.74, 6) is 0.318. The lowest BCUT2D eigenvalue weighted by Gasteiger charge is -2.13. The Balaban J connectivity index is 1.93. The van der Waals surface area contributed by atoms with Gasteiger partial charge in [0.2, 0.25) is 0 Å². The minimum atomic E-state index is -0.0613. The van der Waals surface area contributed by atoms with Gasteiger partial charge in [-0.25, -0.2) is 4.98 Å². The van der Waals surface area contributed by atoms with Gasteiger partial charge in [0.25, 0.3) is 5.91 Å². The van der Waals surface area contributed by atoms with Crippen LogP contribution in [0.2, 0.25) is 0 Å². The van der Waals surface area contributed by atoms with Gasteiger partial charge in [-0.15, -0.1) is 0 Å². The Hall–Kier alpha value is -1.58. The van der Waals surface area contributed by atoms with E-state index in [1.807, 2.05) is 0 Å². The van der Waals surface area contributed by atoms with Gasteiger partial charge in [0.15, 0.2) is 0 Å². The number of aromatic nitrogens is 1. The van der Waals surface area contributed by atoms with E-state index in [0.717, 1.165) is 13.0 Å². The van der Waals surface area contributed by atoms with Gasteiger partial charge >= 0.3 is 0 Å². The molecule has 0 bridgehead atoms. The standard InChI is InChI=1S/C12H17N3O/c1-2-12(4-5-12)8-15-11(16)9-3-6-14-10(13)7-9/h3,6-7H,2,4-5,8H2,1H3,(H2,13,14)(H,15,16). The highest BCUT2D eigenvalue weighted by Gasteiger charge is 2.40. The fourth-order valence-electron chi connectivity index (χ4n) is 1.79. The van der Waals surface area contributed by atoms with Crippen molar-refractivity contribution < 1.29 is 4.79 Å². The van der Waals surface area contributed by atoms with Crippen molar-refractivity contribution in [2.24, 2.45) is 5.41 Å². The molecule has 1 aliphatic rings. The third-order valence-corrected chi connectivity index (χ3v) is 3.37. The molecule has 0 unspecified atom stereocenters. The van der Waals surface area contributed by atoms with E-state index in [0.29, 0.717) is 16.8 Å². The van der Waals surface area contributed by atoms with Gasteiger partial charge in [0.05, 0.1) is 0 Å². The molecule has 0 atom stereocenters. The molecule has 0 aromatic carbocycles. The third kappa shape index (κ3) is 2.32. The van der Waals surface area contributed by atoms with Crippen LogP contribution in [0.5, 0.6) is 0 Å². The Morgan fingerprint density at radius 1 is 1.62 bits per heavy atom. The number of nitrogens with two attached hydrogens (primary N) is 1. The average molecular weight is 219 g/mol. The number of nitrogen functional groups attached to an aromatic ring is 1. The van der Waals surface area contributed by atoms with Crippen LogP contribution in [-0.4, -0.2) is 17.4 Å². The van der Waals surface area contributed by atoms with Crippen LogP contribution in [0.4, 0.5) is 5.82 Å². The molecule has 1 amide bonds. The summed E-state index contributed by atoms with van der Waals surface area (Å²) in [7, 11) is 0. The maximum absolute atomic E-state index is 11.8. The van der Waals surface area contributed by atoms with Crippen molar-refractivity contribution >= 4 is 11.7 Å². The SMILES string of the molecule is CCC1(CNC(=O)c2ccnc(N)c2)CC1. The van der Waals surface area contributed by atoms with Crippen LogP contribution in [0, 0.1) is 5.41 Å². The van der Waals surface area contributed by atoms with Crippen LogP contribution >= 0.6 is 0 Å². The molecular formula is C12H17N3O. The van der Waals surface area contributed by atoms with Crippen LogP contribution in [0.3, 0.4) is 0 Å². The predicted molar refractivity (Wildman–Crippen MR) is 62.9 cm³/mol. The predicted octanol–water partition coefficient (Wildman–Crippen LogP) is 1.58. The van der Waals surface area contributed by atoms with Crippen LogP contribution in [0.1, 0.15) is 36.5 Å². The highest BCUT2D eigenvalue weighted by molar-refractivity contribution is 5.94. The molecular weight excluding hydrogens is 202 g/mol. The van der Waals surface area contributed by atoms with Gasteiger partial charge in [0.1, 0.15) is 5.82 Å². The quantitative estimate of drug-likeness (QED) is 0.808. The van der Waals surface area contributed by atoms with Crippen LogP contribution in [0.15, 0.2) is 18.3 Å². The van der Waals surface area contributed by atoms with Gasteiger partial charge in [-0.2, -0.15) is 0 Å². The van der Waals surface area contributed by atoms with E-state index in [9.17, 15) is 4.79 Å². The Morgan fingerprint density at radius 3 is 2.94 bits per heavy atom. The number of anilines is 1. The Labute approximate surface area is 95.3 Å². The number of rotatable bonds is 4. The first-order valence-electron chi connectivity index (χ1n) is 5.65. The maximum atomic E-state index is 11.8. The number of pyridine rings is 1. The van der Waals surface area contributed by atoms with Crippen molar-refractivity contribution in [2.45, 2.75) is 26.2 Å². The Bertz CT molecular complexity index is 399. The van der Waals surface area contributed by atoms with Crippen LogP contribution in [-0.2, 0) is 0 Å². The number of carbonyl (C=O) groups excluding carboxylic acids is 1. The number of hydrogen-bond acceptors (Lipinski definition) is 3. The smallest absolute Gasteiger partial charge is 0.251 e. The average Bonchev–Trinajstić information content (AvgIpc) is 3.07. The first kappa shape index (κ1) is 10.9. The molecule has 3 N–H and O–H groups in total. The molecule has 4 heteroatoms. The van der Waals surface area contributed by atoms with Gasteiger partial charge in [-0.05, 0) is 36.8 Å². The van der Waals surface area contributed by atoms with Crippen LogP contribution < -0.4 is 11.1 Å². The molecule has 0 aliphatic heterocycles. The maximum Gasteiger partial charge on any atom is 0.251 e. The molecule has 2 rings (SSSR count). The zero-order valence-electron chi connectivity index (χ0n) is 9.49. The van der Waals surface area contributed by atoms with Crippen LogP contribution in [0.25, 0.3) is 0 Å². The van der Waals surface area contributed by atoms with Crippen molar-refractivity contribution in [3.8, 4) is 0 Å². The molecule has 1 heterocycles. The first-order valence-corrected chi connectivity index (χ1v) is 5.65. The molecule has 0 spiro atoms.